The van der Waals surface area contributed by atoms with Gasteiger partial charge in [0, 0.05) is 6.42 Å². The Morgan fingerprint density at radius 2 is 0.774 bits per heavy atom. The molecule has 0 rings (SSSR count). The summed E-state index contributed by atoms with van der Waals surface area (Å²) in [6.45, 7) is 5.47. The maximum atomic E-state index is 6.06. The predicted molar refractivity (Wildman–Crippen MR) is 136 cm³/mol. The van der Waals surface area contributed by atoms with Crippen LogP contribution in [0, 0.1) is 0 Å². The van der Waals surface area contributed by atoms with E-state index in [0.717, 1.165) is 17.5 Å². The molecule has 0 radical (unpaired) electrons. The summed E-state index contributed by atoms with van der Waals surface area (Å²) in [7, 11) is 6.68. The highest BCUT2D eigenvalue weighted by Crippen LogP contribution is 2.15. The molecule has 0 N–H and O–H groups in total. The molecule has 1 atom stereocenters. The Morgan fingerprint density at radius 3 is 1.03 bits per heavy atom. The molecule has 0 saturated carbocycles. The number of rotatable bonds is 24. The summed E-state index contributed by atoms with van der Waals surface area (Å²) in [6.07, 6.45) is 30.2. The fraction of sp³-hybridized carbons (Fsp3) is 1.00. The molecule has 190 valence electrons. The molecular formula is C28H60ClNO. The minimum Gasteiger partial charge on any atom is -1.00 e. The fourth-order valence-corrected chi connectivity index (χ4v) is 4.47. The Kier molecular flexibility index (Phi) is 26.8. The molecular weight excluding hydrogens is 402 g/mol. The largest absolute Gasteiger partial charge is 1.00 e. The molecule has 0 aromatic carbocycles. The number of hydrogen-bond acceptors (Lipinski definition) is 1. The van der Waals surface area contributed by atoms with Crippen molar-refractivity contribution in [2.45, 2.75) is 155 Å². The lowest BCUT2D eigenvalue weighted by Gasteiger charge is -2.33. The molecule has 0 heterocycles. The van der Waals surface area contributed by atoms with Gasteiger partial charge >= 0.3 is 0 Å². The molecule has 0 aromatic rings. The van der Waals surface area contributed by atoms with E-state index in [9.17, 15) is 0 Å². The van der Waals surface area contributed by atoms with Crippen LogP contribution in [0.15, 0.2) is 0 Å². The number of nitrogens with zero attached hydrogens (tertiary/aromatic N) is 1. The monoisotopic (exact) mass is 461 g/mol. The molecule has 2 nitrogen and oxygen atoms in total. The third kappa shape index (κ3) is 24.7. The average molecular weight is 462 g/mol. The second-order valence-corrected chi connectivity index (χ2v) is 10.6. The van der Waals surface area contributed by atoms with E-state index < -0.39 is 0 Å². The van der Waals surface area contributed by atoms with Gasteiger partial charge in [-0.1, -0.05) is 136 Å². The van der Waals surface area contributed by atoms with E-state index in [-0.39, 0.29) is 12.4 Å². The van der Waals surface area contributed by atoms with Crippen LogP contribution in [-0.4, -0.2) is 38.5 Å². The molecule has 0 bridgehead atoms. The molecule has 0 aliphatic carbocycles. The molecule has 31 heavy (non-hydrogen) atoms. The van der Waals surface area contributed by atoms with Crippen LogP contribution in [0.1, 0.15) is 149 Å². The zero-order valence-electron chi connectivity index (χ0n) is 22.4. The standard InChI is InChI=1S/C28H60NO.ClH/c1-6-8-9-10-11-12-13-14-15-16-17-18-19-20-21-22-23-24-25-26-27-30-28(7-2)29(3,4)5;/h28H,6-27H2,1-5H3;1H/q+1;/p-1. The van der Waals surface area contributed by atoms with Crippen LogP contribution in [0.25, 0.3) is 0 Å². The van der Waals surface area contributed by atoms with Crippen LogP contribution in [0.2, 0.25) is 0 Å². The number of quaternary nitrogens is 1. The fourth-order valence-electron chi connectivity index (χ4n) is 4.47. The zero-order chi connectivity index (χ0) is 22.3. The van der Waals surface area contributed by atoms with Crippen molar-refractivity contribution >= 4 is 0 Å². The van der Waals surface area contributed by atoms with Gasteiger partial charge in [-0.3, -0.25) is 0 Å². The molecule has 0 aliphatic rings. The van der Waals surface area contributed by atoms with Crippen LogP contribution >= 0.6 is 0 Å². The predicted octanol–water partition coefficient (Wildman–Crippen LogP) is 6.27. The Morgan fingerprint density at radius 1 is 0.484 bits per heavy atom. The Balaban J connectivity index is 0. The van der Waals surface area contributed by atoms with Crippen LogP contribution in [0.4, 0.5) is 0 Å². The second-order valence-electron chi connectivity index (χ2n) is 10.6. The maximum absolute atomic E-state index is 6.06. The average Bonchev–Trinajstić information content (AvgIpc) is 2.71. The van der Waals surface area contributed by atoms with Gasteiger partial charge in [-0.15, -0.1) is 0 Å². The highest BCUT2D eigenvalue weighted by Gasteiger charge is 2.21. The first kappa shape index (κ1) is 33.4. The van der Waals surface area contributed by atoms with E-state index in [1.54, 1.807) is 0 Å². The summed E-state index contributed by atoms with van der Waals surface area (Å²) in [5, 5.41) is 0. The summed E-state index contributed by atoms with van der Waals surface area (Å²) < 4.78 is 6.98. The normalized spacial score (nSPS) is 12.7. The first-order chi connectivity index (χ1) is 14.5. The molecule has 1 unspecified atom stereocenters. The van der Waals surface area contributed by atoms with Crippen molar-refractivity contribution in [3.05, 3.63) is 0 Å². The molecule has 0 amide bonds. The highest BCUT2D eigenvalue weighted by molar-refractivity contribution is 4.51. The van der Waals surface area contributed by atoms with E-state index >= 15 is 0 Å². The minimum atomic E-state index is 0. The summed E-state index contributed by atoms with van der Waals surface area (Å²) in [6, 6.07) is 0. The highest BCUT2D eigenvalue weighted by atomic mass is 35.5. The minimum absolute atomic E-state index is 0. The van der Waals surface area contributed by atoms with Crippen molar-refractivity contribution in [3.8, 4) is 0 Å². The lowest BCUT2D eigenvalue weighted by atomic mass is 10.0. The molecule has 3 heteroatoms. The third-order valence-electron chi connectivity index (χ3n) is 6.52. The Labute approximate surface area is 204 Å². The van der Waals surface area contributed by atoms with Gasteiger partial charge in [-0.25, -0.2) is 0 Å². The maximum Gasteiger partial charge on any atom is 0.192 e. The lowest BCUT2D eigenvalue weighted by Crippen LogP contribution is -3.00. The molecule has 0 spiro atoms. The van der Waals surface area contributed by atoms with Gasteiger partial charge in [0.1, 0.15) is 0 Å². The van der Waals surface area contributed by atoms with E-state index in [0.29, 0.717) is 6.23 Å². The van der Waals surface area contributed by atoms with Crippen molar-refractivity contribution in [1.82, 2.24) is 0 Å². The molecule has 0 aromatic heterocycles. The molecule has 0 saturated heterocycles. The van der Waals surface area contributed by atoms with Crippen LogP contribution in [0.3, 0.4) is 0 Å². The Bertz CT molecular complexity index is 329. The van der Waals surface area contributed by atoms with E-state index in [2.05, 4.69) is 35.0 Å². The van der Waals surface area contributed by atoms with Crippen LogP contribution in [0.5, 0.6) is 0 Å². The van der Waals surface area contributed by atoms with Crippen molar-refractivity contribution in [1.29, 1.82) is 0 Å². The number of unbranched alkanes of at least 4 members (excludes halogenated alkanes) is 19. The number of halogens is 1. The summed E-state index contributed by atoms with van der Waals surface area (Å²) >= 11 is 0. The number of ether oxygens (including phenoxy) is 1. The van der Waals surface area contributed by atoms with Crippen molar-refractivity contribution in [2.24, 2.45) is 0 Å². The van der Waals surface area contributed by atoms with Crippen molar-refractivity contribution < 1.29 is 21.6 Å². The topological polar surface area (TPSA) is 9.23 Å². The first-order valence-electron chi connectivity index (χ1n) is 13.9. The SMILES string of the molecule is CCCCCCCCCCCCCCCCCCCCCCOC(CC)[N+](C)(C)C.[Cl-]. The van der Waals surface area contributed by atoms with E-state index in [4.69, 9.17) is 4.74 Å². The Hall–Kier alpha value is 0.210. The van der Waals surface area contributed by atoms with Crippen LogP contribution < -0.4 is 12.4 Å². The summed E-state index contributed by atoms with van der Waals surface area (Å²) in [5.74, 6) is 0. The van der Waals surface area contributed by atoms with Gasteiger partial charge in [-0.2, -0.15) is 0 Å². The van der Waals surface area contributed by atoms with Gasteiger partial charge in [0.15, 0.2) is 6.23 Å². The molecule has 0 fully saturated rings. The van der Waals surface area contributed by atoms with Gasteiger partial charge in [-0.05, 0) is 6.42 Å². The molecule has 0 aliphatic heterocycles. The van der Waals surface area contributed by atoms with Gasteiger partial charge in [0.25, 0.3) is 0 Å². The van der Waals surface area contributed by atoms with Crippen LogP contribution in [-0.2, 0) is 4.74 Å². The van der Waals surface area contributed by atoms with E-state index in [1.807, 2.05) is 0 Å². The smallest absolute Gasteiger partial charge is 0.192 e. The van der Waals surface area contributed by atoms with Gasteiger partial charge in [0.2, 0.25) is 0 Å². The first-order valence-corrected chi connectivity index (χ1v) is 13.9. The quantitative estimate of drug-likeness (QED) is 0.0934. The van der Waals surface area contributed by atoms with Gasteiger partial charge in [0.05, 0.1) is 27.7 Å². The summed E-state index contributed by atoms with van der Waals surface area (Å²) in [4.78, 5) is 0. The van der Waals surface area contributed by atoms with Crippen molar-refractivity contribution in [3.63, 3.8) is 0 Å². The third-order valence-corrected chi connectivity index (χ3v) is 6.52. The van der Waals surface area contributed by atoms with E-state index in [1.165, 1.54) is 128 Å². The second kappa shape index (κ2) is 24.8. The van der Waals surface area contributed by atoms with Crippen molar-refractivity contribution in [2.75, 3.05) is 27.7 Å². The lowest BCUT2D eigenvalue weighted by molar-refractivity contribution is -0.920. The summed E-state index contributed by atoms with van der Waals surface area (Å²) in [5.41, 5.74) is 0. The van der Waals surface area contributed by atoms with Gasteiger partial charge < -0.3 is 21.6 Å². The zero-order valence-corrected chi connectivity index (χ0v) is 23.1. The number of hydrogen-bond donors (Lipinski definition) is 0.